The van der Waals surface area contributed by atoms with Crippen LogP contribution in [0.1, 0.15) is 5.56 Å². The first-order valence-electron chi connectivity index (χ1n) is 21.6. The molecule has 0 unspecified atom stereocenters. The van der Waals surface area contributed by atoms with Gasteiger partial charge >= 0.3 is 0 Å². The summed E-state index contributed by atoms with van der Waals surface area (Å²) in [6.45, 7) is 0. The third-order valence-corrected chi connectivity index (χ3v) is 12.6. The van der Waals surface area contributed by atoms with Gasteiger partial charge in [-0.2, -0.15) is 5.26 Å². The Balaban J connectivity index is 1.19. The summed E-state index contributed by atoms with van der Waals surface area (Å²) in [6.07, 6.45) is 0. The molecule has 0 aliphatic carbocycles. The summed E-state index contributed by atoms with van der Waals surface area (Å²) in [6, 6.07) is 83.8. The number of fused-ring (bicyclic) bond motifs is 6. The summed E-state index contributed by atoms with van der Waals surface area (Å²) in [4.78, 5) is 5.29. The van der Waals surface area contributed by atoms with Crippen molar-refractivity contribution >= 4 is 43.6 Å². The Hall–Kier alpha value is -8.78. The summed E-state index contributed by atoms with van der Waals surface area (Å²) in [7, 11) is 0. The van der Waals surface area contributed by atoms with Gasteiger partial charge in [0, 0.05) is 38.2 Å². The molecule has 64 heavy (non-hydrogen) atoms. The first-order valence-corrected chi connectivity index (χ1v) is 21.6. The number of nitrogens with zero attached hydrogens (tertiary/aromatic N) is 4. The lowest BCUT2D eigenvalue weighted by Gasteiger charge is -2.20. The van der Waals surface area contributed by atoms with E-state index in [2.05, 4.69) is 228 Å². The highest BCUT2D eigenvalue weighted by Gasteiger charge is 2.23. The van der Waals surface area contributed by atoms with Gasteiger partial charge in [0.25, 0.3) is 0 Å². The summed E-state index contributed by atoms with van der Waals surface area (Å²) >= 11 is 0. The molecule has 0 atom stereocenters. The fraction of sp³-hybridized carbons (Fsp3) is 0. The lowest BCUT2D eigenvalue weighted by Crippen LogP contribution is -2.04. The van der Waals surface area contributed by atoms with Gasteiger partial charge in [-0.1, -0.05) is 170 Å². The second-order valence-electron chi connectivity index (χ2n) is 16.3. The smallest absolute Gasteiger partial charge is 0.101 e. The largest absolute Gasteiger partial charge is 0.309 e. The summed E-state index contributed by atoms with van der Waals surface area (Å²) in [5.41, 5.74) is 16.9. The highest BCUT2D eigenvalue weighted by molar-refractivity contribution is 6.12. The summed E-state index contributed by atoms with van der Waals surface area (Å²) in [5.74, 6) is 0. The Morgan fingerprint density at radius 2 is 0.719 bits per heavy atom. The van der Waals surface area contributed by atoms with Crippen molar-refractivity contribution < 1.29 is 0 Å². The van der Waals surface area contributed by atoms with Gasteiger partial charge in [0.15, 0.2) is 0 Å². The lowest BCUT2D eigenvalue weighted by molar-refractivity contribution is 1.13. The highest BCUT2D eigenvalue weighted by atomic mass is 15.0. The summed E-state index contributed by atoms with van der Waals surface area (Å²) in [5, 5.41) is 15.9. The Kier molecular flexibility index (Phi) is 8.84. The van der Waals surface area contributed by atoms with Crippen LogP contribution in [0.4, 0.5) is 0 Å². The maximum atomic E-state index is 11.3. The van der Waals surface area contributed by atoms with E-state index in [0.717, 1.165) is 105 Å². The lowest BCUT2D eigenvalue weighted by atomic mass is 9.96. The molecular formula is C60H38N4. The van der Waals surface area contributed by atoms with E-state index >= 15 is 0 Å². The maximum absolute atomic E-state index is 11.3. The van der Waals surface area contributed by atoms with E-state index in [1.54, 1.807) is 0 Å². The van der Waals surface area contributed by atoms with Crippen LogP contribution in [0.5, 0.6) is 0 Å². The SMILES string of the molecule is N#Cc1cc(-n2c3ccccc3c3cc(-c4ccccc4)ccc32)c(-c2cc(-c3ccccc3)nc(-c3ccccc3)c2)cc1-n1c2ccccc2c2cc(-c3ccccc3)ccc21. The molecule has 4 nitrogen and oxygen atoms in total. The molecule has 3 aromatic heterocycles. The van der Waals surface area contributed by atoms with Crippen LogP contribution in [0.15, 0.2) is 231 Å². The number of hydrogen-bond donors (Lipinski definition) is 0. The molecule has 0 spiro atoms. The minimum Gasteiger partial charge on any atom is -0.309 e. The van der Waals surface area contributed by atoms with Crippen LogP contribution in [0.2, 0.25) is 0 Å². The molecule has 0 aliphatic rings. The first-order chi connectivity index (χ1) is 31.7. The number of benzene rings is 9. The zero-order chi connectivity index (χ0) is 42.6. The van der Waals surface area contributed by atoms with Crippen molar-refractivity contribution in [2.75, 3.05) is 0 Å². The number of para-hydroxylation sites is 2. The van der Waals surface area contributed by atoms with Crippen molar-refractivity contribution in [2.24, 2.45) is 0 Å². The minimum absolute atomic E-state index is 0.570. The van der Waals surface area contributed by atoms with Crippen molar-refractivity contribution in [1.82, 2.24) is 14.1 Å². The zero-order valence-corrected chi connectivity index (χ0v) is 34.7. The van der Waals surface area contributed by atoms with E-state index < -0.39 is 0 Å². The topological polar surface area (TPSA) is 46.5 Å². The molecule has 12 aromatic rings. The second kappa shape index (κ2) is 15.3. The Labute approximate surface area is 370 Å². The fourth-order valence-corrected chi connectivity index (χ4v) is 9.55. The Morgan fingerprint density at radius 3 is 1.19 bits per heavy atom. The molecule has 3 heterocycles. The van der Waals surface area contributed by atoms with E-state index in [4.69, 9.17) is 4.98 Å². The standard InChI is InChI=1S/C60H38N4/c61-39-47-37-60(64-56-28-16-14-26-49(56)52-34-45(30-32-58(52)64)41-19-7-2-8-20-41)50(46-35-53(42-21-9-3-10-22-42)62-54(36-46)43-23-11-4-12-24-43)38-59(47)63-55-27-15-13-25-48(55)51-33-44(29-31-57(51)63)40-17-5-1-6-18-40/h1-38H. The molecule has 0 fully saturated rings. The number of nitriles is 1. The van der Waals surface area contributed by atoms with E-state index in [1.165, 1.54) is 5.56 Å². The van der Waals surface area contributed by atoms with Crippen LogP contribution in [-0.2, 0) is 0 Å². The molecule has 4 heteroatoms. The number of hydrogen-bond acceptors (Lipinski definition) is 2. The minimum atomic E-state index is 0.570. The van der Waals surface area contributed by atoms with Crippen LogP contribution in [0, 0.1) is 11.3 Å². The summed E-state index contributed by atoms with van der Waals surface area (Å²) < 4.78 is 4.63. The Bertz CT molecular complexity index is 3710. The van der Waals surface area contributed by atoms with Crippen LogP contribution in [-0.4, -0.2) is 14.1 Å². The van der Waals surface area contributed by atoms with Gasteiger partial charge in [-0.05, 0) is 88.5 Å². The molecule has 298 valence electrons. The molecule has 0 saturated heterocycles. The first kappa shape index (κ1) is 37.0. The molecule has 0 bridgehead atoms. The van der Waals surface area contributed by atoms with Gasteiger partial charge < -0.3 is 9.13 Å². The van der Waals surface area contributed by atoms with Gasteiger partial charge in [-0.3, -0.25) is 0 Å². The monoisotopic (exact) mass is 814 g/mol. The molecular weight excluding hydrogens is 777 g/mol. The molecule has 0 saturated carbocycles. The van der Waals surface area contributed by atoms with Crippen LogP contribution in [0.25, 0.3) is 111 Å². The van der Waals surface area contributed by atoms with Crippen molar-refractivity contribution in [2.45, 2.75) is 0 Å². The third-order valence-electron chi connectivity index (χ3n) is 12.6. The number of pyridine rings is 1. The van der Waals surface area contributed by atoms with Crippen molar-refractivity contribution in [3.05, 3.63) is 236 Å². The second-order valence-corrected chi connectivity index (χ2v) is 16.3. The van der Waals surface area contributed by atoms with Crippen LogP contribution < -0.4 is 0 Å². The molecule has 0 amide bonds. The number of rotatable bonds is 7. The number of aromatic nitrogens is 3. The van der Waals surface area contributed by atoms with E-state index in [-0.39, 0.29) is 0 Å². The van der Waals surface area contributed by atoms with Crippen molar-refractivity contribution in [1.29, 1.82) is 5.26 Å². The van der Waals surface area contributed by atoms with Gasteiger partial charge in [0.2, 0.25) is 0 Å². The van der Waals surface area contributed by atoms with E-state index in [1.807, 2.05) is 18.2 Å². The predicted molar refractivity (Wildman–Crippen MR) is 265 cm³/mol. The van der Waals surface area contributed by atoms with Gasteiger partial charge in [-0.15, -0.1) is 0 Å². The van der Waals surface area contributed by atoms with Gasteiger partial charge in [0.05, 0.1) is 50.4 Å². The van der Waals surface area contributed by atoms with E-state index in [0.29, 0.717) is 5.56 Å². The highest BCUT2D eigenvalue weighted by Crippen LogP contribution is 2.43. The van der Waals surface area contributed by atoms with Crippen LogP contribution in [0.3, 0.4) is 0 Å². The van der Waals surface area contributed by atoms with Crippen molar-refractivity contribution in [3.63, 3.8) is 0 Å². The van der Waals surface area contributed by atoms with Crippen molar-refractivity contribution in [3.8, 4) is 73.3 Å². The predicted octanol–water partition coefficient (Wildman–Crippen LogP) is 15.5. The molecule has 0 radical (unpaired) electrons. The average molecular weight is 815 g/mol. The third kappa shape index (κ3) is 6.18. The molecule has 0 N–H and O–H groups in total. The molecule has 12 rings (SSSR count). The fourth-order valence-electron chi connectivity index (χ4n) is 9.55. The zero-order valence-electron chi connectivity index (χ0n) is 34.7. The average Bonchev–Trinajstić information content (AvgIpc) is 3.89. The maximum Gasteiger partial charge on any atom is 0.101 e. The van der Waals surface area contributed by atoms with E-state index in [9.17, 15) is 5.26 Å². The van der Waals surface area contributed by atoms with Gasteiger partial charge in [-0.25, -0.2) is 4.98 Å². The quantitative estimate of drug-likeness (QED) is 0.161. The Morgan fingerprint density at radius 1 is 0.312 bits per heavy atom. The normalized spacial score (nSPS) is 11.4. The molecule has 9 aromatic carbocycles. The van der Waals surface area contributed by atoms with Gasteiger partial charge in [0.1, 0.15) is 6.07 Å². The molecule has 0 aliphatic heterocycles. The van der Waals surface area contributed by atoms with Crippen LogP contribution >= 0.6 is 0 Å².